The largest absolute Gasteiger partial charge is 0.317 e. The fraction of sp³-hybridized carbons (Fsp3) is 0. The van der Waals surface area contributed by atoms with Gasteiger partial charge in [0.05, 0.1) is 20.3 Å². The molecular formula is C49H27ErN3O2S. The third-order valence-corrected chi connectivity index (χ3v) is 12.1. The van der Waals surface area contributed by atoms with E-state index in [9.17, 15) is 0 Å². The van der Waals surface area contributed by atoms with Gasteiger partial charge in [-0.3, -0.25) is 4.98 Å². The minimum absolute atomic E-state index is 0. The molecule has 8 aromatic carbocycles. The third-order valence-electron chi connectivity index (χ3n) is 11.0. The Morgan fingerprint density at radius 2 is 1.30 bits per heavy atom. The molecule has 0 aliphatic carbocycles. The van der Waals surface area contributed by atoms with Gasteiger partial charge >= 0.3 is 5.52 Å². The minimum Gasteiger partial charge on any atom is -0.283 e. The van der Waals surface area contributed by atoms with E-state index in [0.29, 0.717) is 5.75 Å². The predicted molar refractivity (Wildman–Crippen MR) is 223 cm³/mol. The fourth-order valence-electron chi connectivity index (χ4n) is 8.60. The smallest absolute Gasteiger partial charge is 0.283 e. The molecule has 0 N–H and O–H groups in total. The van der Waals surface area contributed by atoms with Crippen molar-refractivity contribution in [2.75, 3.05) is 0 Å². The summed E-state index contributed by atoms with van der Waals surface area (Å²) < 4.78 is 2.91. The molecule has 0 saturated heterocycles. The van der Waals surface area contributed by atoms with Gasteiger partial charge in [0.25, 0.3) is 5.75 Å². The topological polar surface area (TPSA) is 48.1 Å². The summed E-state index contributed by atoms with van der Waals surface area (Å²) in [5.41, 5.74) is 10.8. The molecule has 268 valence electrons. The van der Waals surface area contributed by atoms with Crippen LogP contribution in [-0.4, -0.2) is 9.97 Å². The number of rotatable bonds is 4. The number of fused-ring (bicyclic) bond motifs is 6. The first-order valence-electron chi connectivity index (χ1n) is 18.2. The van der Waals surface area contributed by atoms with Crippen LogP contribution >= 0.6 is 11.3 Å². The maximum Gasteiger partial charge on any atom is 0.317 e. The molecule has 1 aliphatic rings. The van der Waals surface area contributed by atoms with Crippen molar-refractivity contribution < 1.29 is 51.9 Å². The van der Waals surface area contributed by atoms with E-state index in [4.69, 9.17) is 19.8 Å². The zero-order valence-corrected chi connectivity index (χ0v) is 32.1. The Kier molecular flexibility index (Phi) is 7.82. The van der Waals surface area contributed by atoms with Gasteiger partial charge in [0.15, 0.2) is 0 Å². The van der Waals surface area contributed by atoms with Crippen LogP contribution in [0, 0.1) is 43.4 Å². The third kappa shape index (κ3) is 5.00. The molecule has 7 heteroatoms. The first kappa shape index (κ1) is 33.4. The van der Waals surface area contributed by atoms with Crippen molar-refractivity contribution in [2.45, 2.75) is 0 Å². The molecule has 12 rings (SSSR count). The van der Waals surface area contributed by atoms with Gasteiger partial charge in [-0.15, -0.1) is 28.4 Å². The molecule has 0 amide bonds. The first-order chi connectivity index (χ1) is 27.3. The number of benzene rings is 8. The molecule has 4 heterocycles. The van der Waals surface area contributed by atoms with Gasteiger partial charge in [-0.05, 0) is 101 Å². The van der Waals surface area contributed by atoms with E-state index in [0.717, 1.165) is 54.6 Å². The van der Waals surface area contributed by atoms with Crippen LogP contribution in [-0.2, 0) is 0 Å². The van der Waals surface area contributed by atoms with Crippen molar-refractivity contribution >= 4 is 75.7 Å². The van der Waals surface area contributed by atoms with Gasteiger partial charge in [-0.25, -0.2) is 9.87 Å². The van der Waals surface area contributed by atoms with Crippen LogP contribution in [0.4, 0.5) is 0 Å². The van der Waals surface area contributed by atoms with Crippen molar-refractivity contribution in [3.8, 4) is 49.7 Å². The maximum absolute atomic E-state index is 5.64. The van der Waals surface area contributed by atoms with E-state index in [1.54, 1.807) is 16.1 Å². The second-order valence-corrected chi connectivity index (χ2v) is 14.9. The van der Waals surface area contributed by atoms with E-state index < -0.39 is 0 Å². The van der Waals surface area contributed by atoms with E-state index in [-0.39, 0.29) is 37.3 Å². The average Bonchev–Trinajstić information content (AvgIpc) is 3.88. The van der Waals surface area contributed by atoms with Crippen LogP contribution in [0.2, 0.25) is 0 Å². The first-order valence-corrected chi connectivity index (χ1v) is 19.1. The number of thiazole rings is 1. The van der Waals surface area contributed by atoms with E-state index in [1.807, 2.05) is 42.7 Å². The van der Waals surface area contributed by atoms with Crippen LogP contribution < -0.4 is 14.6 Å². The summed E-state index contributed by atoms with van der Waals surface area (Å²) in [6.45, 7) is 0. The normalized spacial score (nSPS) is 12.1. The Balaban J connectivity index is 0.00000363. The number of pyridine rings is 2. The van der Waals surface area contributed by atoms with Crippen LogP contribution in [0.1, 0.15) is 0 Å². The van der Waals surface area contributed by atoms with Gasteiger partial charge < -0.3 is 0 Å². The number of hydrogen-bond donors (Lipinski definition) is 0. The van der Waals surface area contributed by atoms with Crippen molar-refractivity contribution in [1.29, 1.82) is 0 Å². The number of para-hydroxylation sites is 1. The predicted octanol–water partition coefficient (Wildman–Crippen LogP) is 11.9. The molecule has 1 aliphatic heterocycles. The summed E-state index contributed by atoms with van der Waals surface area (Å²) in [5, 5.41) is 10.2. The standard InChI is InChI=1S/C49H27N3O2S.Er/c1-2-10-37-36(9-1)45(35-13-6-17-41-33(35)14-7-27-50-41)40-24-23-32-31(29-19-21-30(22-20-29)49-51-42-16-3-4-18-44(42)55-49)11-5-12-34(32)47(40)46(37)38-25-26-43-48-39(38)15-8-28-52(48)54-53-43;/h1-16,18-28H;. The van der Waals surface area contributed by atoms with E-state index >= 15 is 0 Å². The molecule has 0 bridgehead atoms. The summed E-state index contributed by atoms with van der Waals surface area (Å²) in [6, 6.07) is 57.4. The molecule has 3 aromatic heterocycles. The second-order valence-electron chi connectivity index (χ2n) is 13.9. The summed E-state index contributed by atoms with van der Waals surface area (Å²) in [6.07, 6.45) is 3.72. The van der Waals surface area contributed by atoms with E-state index in [2.05, 4.69) is 127 Å². The van der Waals surface area contributed by atoms with Gasteiger partial charge in [0, 0.05) is 55.1 Å². The Morgan fingerprint density at radius 1 is 0.554 bits per heavy atom. The zero-order valence-electron chi connectivity index (χ0n) is 29.4. The Labute approximate surface area is 354 Å². The molecule has 0 fully saturated rings. The molecule has 0 radical (unpaired) electrons. The van der Waals surface area contributed by atoms with Crippen molar-refractivity contribution in [3.05, 3.63) is 170 Å². The molecule has 5 nitrogen and oxygen atoms in total. The van der Waals surface area contributed by atoms with Gasteiger partial charge in [0.1, 0.15) is 5.01 Å². The van der Waals surface area contributed by atoms with Crippen molar-refractivity contribution in [3.63, 3.8) is 0 Å². The number of hydrogen-bond acceptors (Lipinski definition) is 5. The average molecular weight is 889 g/mol. The van der Waals surface area contributed by atoms with E-state index in [1.165, 1.54) is 53.7 Å². The summed E-state index contributed by atoms with van der Waals surface area (Å²) in [5.74, 6) is 0.700. The van der Waals surface area contributed by atoms with Crippen molar-refractivity contribution in [2.24, 2.45) is 0 Å². The summed E-state index contributed by atoms with van der Waals surface area (Å²) in [7, 11) is 0. The van der Waals surface area contributed by atoms with Gasteiger partial charge in [-0.1, -0.05) is 97.1 Å². The quantitative estimate of drug-likeness (QED) is 0.0581. The Bertz CT molecular complexity index is 3350. The molecule has 56 heavy (non-hydrogen) atoms. The minimum atomic E-state index is 0. The molecule has 0 unspecified atom stereocenters. The SMILES string of the molecule is [Er].[c-]1ccc(-c2c3ccccc3c(-c3ccc4c5c3ccc[n+]5OO4)c3c2ccc2c(-c4ccc(-c5nc6ccccc6s5)cc4)cccc23)c2cccnc12. The second kappa shape index (κ2) is 13.1. The van der Waals surface area contributed by atoms with Crippen LogP contribution in [0.25, 0.3) is 108 Å². The maximum atomic E-state index is 5.64. The molecule has 11 aromatic rings. The molecule has 0 spiro atoms. The van der Waals surface area contributed by atoms with Crippen molar-refractivity contribution in [1.82, 2.24) is 9.97 Å². The van der Waals surface area contributed by atoms with Crippen LogP contribution in [0.3, 0.4) is 0 Å². The van der Waals surface area contributed by atoms with Crippen LogP contribution in [0.5, 0.6) is 5.75 Å². The monoisotopic (exact) mass is 887 g/mol. The van der Waals surface area contributed by atoms with Gasteiger partial charge in [-0.2, -0.15) is 18.2 Å². The summed E-state index contributed by atoms with van der Waals surface area (Å²) in [4.78, 5) is 20.8. The molecular weight excluding hydrogens is 862 g/mol. The van der Waals surface area contributed by atoms with Crippen LogP contribution in [0.15, 0.2) is 164 Å². The summed E-state index contributed by atoms with van der Waals surface area (Å²) >= 11 is 1.73. The molecule has 0 atom stereocenters. The Hall–Kier alpha value is -5.90. The Morgan fingerprint density at radius 3 is 2.20 bits per heavy atom. The number of nitrogens with zero attached hydrogens (tertiary/aromatic N) is 3. The zero-order chi connectivity index (χ0) is 36.0. The van der Waals surface area contributed by atoms with Gasteiger partial charge in [0.2, 0.25) is 6.20 Å². The molecule has 0 saturated carbocycles. The number of aromatic nitrogens is 3. The fourth-order valence-corrected chi connectivity index (χ4v) is 9.57.